The molecule has 0 atom stereocenters. The normalized spacial score (nSPS) is 12.2. The molecule has 0 radical (unpaired) electrons. The summed E-state index contributed by atoms with van der Waals surface area (Å²) in [5, 5.41) is 0.673. The van der Waals surface area contributed by atoms with Crippen molar-refractivity contribution in [2.45, 2.75) is 18.7 Å². The molecule has 0 unspecified atom stereocenters. The van der Waals surface area contributed by atoms with Gasteiger partial charge in [-0.15, -0.1) is 0 Å². The maximum Gasteiger partial charge on any atom is 0.243 e. The zero-order valence-electron chi connectivity index (χ0n) is 10.5. The molecule has 0 saturated carbocycles. The quantitative estimate of drug-likeness (QED) is 0.851. The van der Waals surface area contributed by atoms with Gasteiger partial charge >= 0.3 is 0 Å². The van der Waals surface area contributed by atoms with Gasteiger partial charge in [0.25, 0.3) is 0 Å². The van der Waals surface area contributed by atoms with E-state index in [9.17, 15) is 8.42 Å². The molecule has 1 aromatic heterocycles. The molecule has 0 bridgehead atoms. The molecule has 0 aliphatic heterocycles. The minimum atomic E-state index is -3.43. The molecule has 96 valence electrons. The highest BCUT2D eigenvalue weighted by Crippen LogP contribution is 2.24. The maximum absolute atomic E-state index is 12.5. The summed E-state index contributed by atoms with van der Waals surface area (Å²) in [5.41, 5.74) is 0.700. The molecule has 0 N–H and O–H groups in total. The Bertz CT molecular complexity index is 644. The summed E-state index contributed by atoms with van der Waals surface area (Å²) >= 11 is 0. The van der Waals surface area contributed by atoms with Crippen LogP contribution in [0, 0.1) is 0 Å². The van der Waals surface area contributed by atoms with E-state index in [-0.39, 0.29) is 0 Å². The molecule has 2 rings (SSSR count). The first-order valence-corrected chi connectivity index (χ1v) is 7.39. The molecule has 1 aromatic carbocycles. The van der Waals surface area contributed by atoms with E-state index >= 15 is 0 Å². The van der Waals surface area contributed by atoms with Crippen LogP contribution < -0.4 is 0 Å². The standard InChI is InChI=1S/C13H16N2O2S/c1-3-15(4-2)18(16,17)13-9-5-8-12-11(13)7-6-10-14-12/h5-10H,3-4H2,1-2H3. The van der Waals surface area contributed by atoms with Gasteiger partial charge in [0.15, 0.2) is 0 Å². The van der Waals surface area contributed by atoms with Crippen LogP contribution in [0.25, 0.3) is 10.9 Å². The van der Waals surface area contributed by atoms with Crippen LogP contribution in [0.15, 0.2) is 41.4 Å². The SMILES string of the molecule is CCN(CC)S(=O)(=O)c1cccc2ncccc12. The van der Waals surface area contributed by atoms with Crippen molar-refractivity contribution in [3.05, 3.63) is 36.5 Å². The molecule has 0 fully saturated rings. The van der Waals surface area contributed by atoms with Crippen molar-refractivity contribution in [3.63, 3.8) is 0 Å². The zero-order chi connectivity index (χ0) is 13.2. The van der Waals surface area contributed by atoms with Crippen molar-refractivity contribution >= 4 is 20.9 Å². The molecule has 0 amide bonds. The van der Waals surface area contributed by atoms with Crippen molar-refractivity contribution < 1.29 is 8.42 Å². The zero-order valence-corrected chi connectivity index (χ0v) is 11.3. The fourth-order valence-electron chi connectivity index (χ4n) is 2.00. The van der Waals surface area contributed by atoms with Gasteiger partial charge in [-0.25, -0.2) is 8.42 Å². The molecule has 0 aliphatic carbocycles. The number of hydrogen-bond acceptors (Lipinski definition) is 3. The van der Waals surface area contributed by atoms with E-state index in [0.29, 0.717) is 28.9 Å². The molecule has 5 heteroatoms. The van der Waals surface area contributed by atoms with Crippen LogP contribution in [0.1, 0.15) is 13.8 Å². The second-order valence-electron chi connectivity index (χ2n) is 3.92. The lowest BCUT2D eigenvalue weighted by Crippen LogP contribution is -2.30. The minimum Gasteiger partial charge on any atom is -0.256 e. The van der Waals surface area contributed by atoms with Gasteiger partial charge in [-0.05, 0) is 24.3 Å². The lowest BCUT2D eigenvalue weighted by Gasteiger charge is -2.19. The van der Waals surface area contributed by atoms with E-state index in [4.69, 9.17) is 0 Å². The van der Waals surface area contributed by atoms with E-state index in [2.05, 4.69) is 4.98 Å². The molecular formula is C13H16N2O2S. The third-order valence-corrected chi connectivity index (χ3v) is 5.04. The number of pyridine rings is 1. The summed E-state index contributed by atoms with van der Waals surface area (Å²) in [6, 6.07) is 8.72. The van der Waals surface area contributed by atoms with Gasteiger partial charge in [0.2, 0.25) is 10.0 Å². The number of fused-ring (bicyclic) bond motifs is 1. The number of nitrogens with zero attached hydrogens (tertiary/aromatic N) is 2. The number of benzene rings is 1. The van der Waals surface area contributed by atoms with Gasteiger partial charge < -0.3 is 0 Å². The van der Waals surface area contributed by atoms with E-state index in [1.165, 1.54) is 4.31 Å². The molecule has 2 aromatic rings. The first kappa shape index (κ1) is 13.0. The fourth-order valence-corrected chi connectivity index (χ4v) is 3.66. The van der Waals surface area contributed by atoms with Crippen molar-refractivity contribution in [2.24, 2.45) is 0 Å². The molecule has 0 saturated heterocycles. The molecule has 0 spiro atoms. The number of sulfonamides is 1. The molecule has 4 nitrogen and oxygen atoms in total. The summed E-state index contributed by atoms with van der Waals surface area (Å²) in [4.78, 5) is 4.51. The first-order chi connectivity index (χ1) is 8.61. The Kier molecular flexibility index (Phi) is 3.63. The Balaban J connectivity index is 2.68. The Morgan fingerprint density at radius 1 is 1.11 bits per heavy atom. The largest absolute Gasteiger partial charge is 0.256 e. The highest BCUT2D eigenvalue weighted by atomic mass is 32.2. The Morgan fingerprint density at radius 3 is 2.50 bits per heavy atom. The predicted octanol–water partition coefficient (Wildman–Crippen LogP) is 2.27. The van der Waals surface area contributed by atoms with Crippen LogP contribution in [0.5, 0.6) is 0 Å². The van der Waals surface area contributed by atoms with Crippen molar-refractivity contribution in [1.82, 2.24) is 9.29 Å². The smallest absolute Gasteiger partial charge is 0.243 e. The van der Waals surface area contributed by atoms with Gasteiger partial charge in [0.1, 0.15) is 0 Å². The predicted molar refractivity (Wildman–Crippen MR) is 71.8 cm³/mol. The van der Waals surface area contributed by atoms with Crippen LogP contribution in [0.3, 0.4) is 0 Å². The lowest BCUT2D eigenvalue weighted by molar-refractivity contribution is 0.446. The van der Waals surface area contributed by atoms with Crippen LogP contribution in [-0.4, -0.2) is 30.8 Å². The average molecular weight is 264 g/mol. The van der Waals surface area contributed by atoms with Gasteiger partial charge in [-0.1, -0.05) is 19.9 Å². The third kappa shape index (κ3) is 2.11. The van der Waals surface area contributed by atoms with Crippen molar-refractivity contribution in [2.75, 3.05) is 13.1 Å². The second-order valence-corrected chi connectivity index (χ2v) is 5.82. The van der Waals surface area contributed by atoms with Crippen LogP contribution >= 0.6 is 0 Å². The average Bonchev–Trinajstić information content (AvgIpc) is 2.39. The lowest BCUT2D eigenvalue weighted by atomic mass is 10.2. The second kappa shape index (κ2) is 5.04. The summed E-state index contributed by atoms with van der Waals surface area (Å²) in [6.07, 6.45) is 1.66. The van der Waals surface area contributed by atoms with Crippen LogP contribution in [0.4, 0.5) is 0 Å². The summed E-state index contributed by atoms with van der Waals surface area (Å²) in [5.74, 6) is 0. The Hall–Kier alpha value is -1.46. The van der Waals surface area contributed by atoms with E-state index < -0.39 is 10.0 Å². The van der Waals surface area contributed by atoms with Crippen LogP contribution in [0.2, 0.25) is 0 Å². The molecular weight excluding hydrogens is 248 g/mol. The van der Waals surface area contributed by atoms with Gasteiger partial charge in [-0.2, -0.15) is 4.31 Å². The third-order valence-electron chi connectivity index (χ3n) is 2.93. The van der Waals surface area contributed by atoms with E-state index in [0.717, 1.165) is 0 Å². The number of hydrogen-bond donors (Lipinski definition) is 0. The minimum absolute atomic E-state index is 0.330. The fraction of sp³-hybridized carbons (Fsp3) is 0.308. The summed E-state index contributed by atoms with van der Waals surface area (Å²) < 4.78 is 26.5. The van der Waals surface area contributed by atoms with E-state index in [1.54, 1.807) is 30.5 Å². The van der Waals surface area contributed by atoms with Crippen molar-refractivity contribution in [1.29, 1.82) is 0 Å². The summed E-state index contributed by atoms with van der Waals surface area (Å²) in [7, 11) is -3.43. The summed E-state index contributed by atoms with van der Waals surface area (Å²) in [6.45, 7) is 4.61. The first-order valence-electron chi connectivity index (χ1n) is 5.95. The highest BCUT2D eigenvalue weighted by molar-refractivity contribution is 7.89. The van der Waals surface area contributed by atoms with Crippen molar-refractivity contribution in [3.8, 4) is 0 Å². The topological polar surface area (TPSA) is 50.3 Å². The van der Waals surface area contributed by atoms with Gasteiger partial charge in [-0.3, -0.25) is 4.98 Å². The number of rotatable bonds is 4. The number of aromatic nitrogens is 1. The van der Waals surface area contributed by atoms with Crippen LogP contribution in [-0.2, 0) is 10.0 Å². The highest BCUT2D eigenvalue weighted by Gasteiger charge is 2.23. The molecule has 1 heterocycles. The van der Waals surface area contributed by atoms with E-state index in [1.807, 2.05) is 19.9 Å². The molecule has 18 heavy (non-hydrogen) atoms. The maximum atomic E-state index is 12.5. The Labute approximate surface area is 107 Å². The Morgan fingerprint density at radius 2 is 1.83 bits per heavy atom. The molecule has 0 aliphatic rings. The van der Waals surface area contributed by atoms with Gasteiger partial charge in [0.05, 0.1) is 10.4 Å². The monoisotopic (exact) mass is 264 g/mol. The van der Waals surface area contributed by atoms with Gasteiger partial charge in [0, 0.05) is 24.7 Å².